The molecule has 0 aromatic heterocycles. The lowest BCUT2D eigenvalue weighted by atomic mass is 9.96. The van der Waals surface area contributed by atoms with Crippen molar-refractivity contribution in [1.82, 2.24) is 0 Å². The third-order valence-electron chi connectivity index (χ3n) is 11.7. The lowest BCUT2D eigenvalue weighted by Gasteiger charge is -2.48. The molecule has 3 aliphatic rings. The van der Waals surface area contributed by atoms with Crippen LogP contribution in [0.1, 0.15) is 33.4 Å². The van der Waals surface area contributed by atoms with Crippen LogP contribution in [-0.4, -0.2) is 74.6 Å². The van der Waals surface area contributed by atoms with Crippen LogP contribution in [0.25, 0.3) is 0 Å². The van der Waals surface area contributed by atoms with Crippen LogP contribution in [0.2, 0.25) is 0 Å². The van der Waals surface area contributed by atoms with Gasteiger partial charge < -0.3 is 47.4 Å². The Morgan fingerprint density at radius 2 is 0.719 bits per heavy atom. The molecule has 10 atom stereocenters. The molecule has 0 N–H and O–H groups in total. The third kappa shape index (κ3) is 11.8. The Hall–Kier alpha value is -5.08. The Morgan fingerprint density at radius 3 is 1.16 bits per heavy atom. The fraction of sp³-hybridized carbons (Fsp3) is 0.333. The summed E-state index contributed by atoms with van der Waals surface area (Å²) in [5.41, 5.74) is 6.10. The fourth-order valence-electron chi connectivity index (χ4n) is 8.41. The maximum atomic E-state index is 7.29. The van der Waals surface area contributed by atoms with Crippen molar-refractivity contribution >= 4 is 0 Å². The highest BCUT2D eigenvalue weighted by atomic mass is 16.8. The molecule has 6 aromatic carbocycles. The van der Waals surface area contributed by atoms with E-state index in [2.05, 4.69) is 0 Å². The fourth-order valence-corrected chi connectivity index (χ4v) is 8.41. The maximum absolute atomic E-state index is 7.29. The Bertz CT molecular complexity index is 2220. The van der Waals surface area contributed by atoms with Gasteiger partial charge in [-0.3, -0.25) is 0 Å². The summed E-state index contributed by atoms with van der Waals surface area (Å²) in [4.78, 5) is 0. The van der Waals surface area contributed by atoms with Gasteiger partial charge in [0.05, 0.1) is 52.9 Å². The summed E-state index contributed by atoms with van der Waals surface area (Å²) in [5, 5.41) is 0. The Morgan fingerprint density at radius 1 is 0.359 bits per heavy atom. The first kappa shape index (κ1) is 44.1. The Labute approximate surface area is 375 Å². The summed E-state index contributed by atoms with van der Waals surface area (Å²) in [6.07, 6.45) is -6.79. The molecule has 0 radical (unpaired) electrons. The standard InChI is InChI=1S/C54H56O10/c1-7-19-39(20-8-1)31-55-37-45-47(56-32-40-21-9-2-10-22-40)49(57-33-41-23-11-3-12-24-41)52(60-36-44-29-17-6-18-30-44)54(63-45)64-48-46-38-61-53(62-46)51(59-35-43-27-15-5-16-28-43)50(48)58-34-42-25-13-4-14-26-42/h1-30,45-54H,31-38H2/t45-,46-,47+,48-,49+,50+,51-,52-,53-,54+/m1/s1. The van der Waals surface area contributed by atoms with Crippen molar-refractivity contribution in [3.05, 3.63) is 215 Å². The summed E-state index contributed by atoms with van der Waals surface area (Å²) >= 11 is 0. The molecular weight excluding hydrogens is 809 g/mol. The van der Waals surface area contributed by atoms with E-state index in [1.54, 1.807) is 0 Å². The van der Waals surface area contributed by atoms with Gasteiger partial charge in [0, 0.05) is 0 Å². The van der Waals surface area contributed by atoms with Crippen LogP contribution < -0.4 is 0 Å². The van der Waals surface area contributed by atoms with Crippen molar-refractivity contribution in [2.75, 3.05) is 13.2 Å². The van der Waals surface area contributed by atoms with Gasteiger partial charge in [-0.1, -0.05) is 182 Å². The number of hydrogen-bond donors (Lipinski definition) is 0. The van der Waals surface area contributed by atoms with Gasteiger partial charge in [-0.15, -0.1) is 0 Å². The van der Waals surface area contributed by atoms with E-state index in [0.29, 0.717) is 33.0 Å². The van der Waals surface area contributed by atoms with E-state index in [0.717, 1.165) is 33.4 Å². The molecule has 9 rings (SSSR count). The largest absolute Gasteiger partial charge is 0.374 e. The molecule has 0 saturated carbocycles. The second-order valence-electron chi connectivity index (χ2n) is 16.3. The normalized spacial score (nSPS) is 26.4. The summed E-state index contributed by atoms with van der Waals surface area (Å²) < 4.78 is 68.1. The quantitative estimate of drug-likeness (QED) is 0.0699. The first-order valence-corrected chi connectivity index (χ1v) is 22.2. The van der Waals surface area contributed by atoms with Gasteiger partial charge in [0.1, 0.15) is 48.8 Å². The number of rotatable bonds is 21. The smallest absolute Gasteiger partial charge is 0.187 e. The van der Waals surface area contributed by atoms with Gasteiger partial charge in [-0.05, 0) is 33.4 Å². The van der Waals surface area contributed by atoms with Crippen molar-refractivity contribution in [2.45, 2.75) is 101 Å². The molecular formula is C54H56O10. The summed E-state index contributed by atoms with van der Waals surface area (Å²) in [7, 11) is 0. The lowest BCUT2D eigenvalue weighted by Crippen LogP contribution is -2.64. The van der Waals surface area contributed by atoms with E-state index >= 15 is 0 Å². The molecule has 332 valence electrons. The topological polar surface area (TPSA) is 92.3 Å². The van der Waals surface area contributed by atoms with Crippen molar-refractivity contribution < 1.29 is 47.4 Å². The molecule has 0 aliphatic carbocycles. The van der Waals surface area contributed by atoms with Crippen LogP contribution in [0.15, 0.2) is 182 Å². The van der Waals surface area contributed by atoms with Crippen LogP contribution >= 0.6 is 0 Å². The number of hydrogen-bond acceptors (Lipinski definition) is 10. The summed E-state index contributed by atoms with van der Waals surface area (Å²) in [6, 6.07) is 60.5. The highest BCUT2D eigenvalue weighted by Crippen LogP contribution is 2.39. The minimum atomic E-state index is -0.991. The third-order valence-corrected chi connectivity index (χ3v) is 11.7. The lowest BCUT2D eigenvalue weighted by molar-refractivity contribution is -0.359. The van der Waals surface area contributed by atoms with E-state index < -0.39 is 61.4 Å². The van der Waals surface area contributed by atoms with Crippen molar-refractivity contribution in [3.63, 3.8) is 0 Å². The molecule has 10 nitrogen and oxygen atoms in total. The van der Waals surface area contributed by atoms with Gasteiger partial charge >= 0.3 is 0 Å². The molecule has 3 fully saturated rings. The molecule has 0 spiro atoms. The first-order valence-electron chi connectivity index (χ1n) is 22.2. The zero-order valence-electron chi connectivity index (χ0n) is 35.8. The zero-order valence-corrected chi connectivity index (χ0v) is 35.8. The van der Waals surface area contributed by atoms with Crippen LogP contribution in [-0.2, 0) is 87.0 Å². The molecule has 2 bridgehead atoms. The second kappa shape index (κ2) is 22.7. The van der Waals surface area contributed by atoms with Gasteiger partial charge in [0.25, 0.3) is 0 Å². The molecule has 10 heteroatoms. The van der Waals surface area contributed by atoms with E-state index in [4.69, 9.17) is 47.4 Å². The highest BCUT2D eigenvalue weighted by Gasteiger charge is 2.56. The average molecular weight is 865 g/mol. The van der Waals surface area contributed by atoms with Crippen molar-refractivity contribution in [3.8, 4) is 0 Å². The molecule has 64 heavy (non-hydrogen) atoms. The zero-order chi connectivity index (χ0) is 43.2. The monoisotopic (exact) mass is 864 g/mol. The second-order valence-corrected chi connectivity index (χ2v) is 16.3. The van der Waals surface area contributed by atoms with Crippen molar-refractivity contribution in [2.24, 2.45) is 0 Å². The molecule has 3 aliphatic heterocycles. The number of fused-ring (bicyclic) bond motifs is 2. The van der Waals surface area contributed by atoms with Crippen molar-refractivity contribution in [1.29, 1.82) is 0 Å². The SMILES string of the molecule is c1ccc(COC[C@H]2O[C@@H](O[C@H]3[C@H](OCc4ccccc4)[C@@H](OCc4ccccc4)[C@@H]4OC[C@H]3O4)[C@H](OCc3ccccc3)[C@@H](OCc3ccccc3)[C@H]2OCc2ccccc2)cc1. The predicted molar refractivity (Wildman–Crippen MR) is 239 cm³/mol. The predicted octanol–water partition coefficient (Wildman–Crippen LogP) is 9.00. The molecule has 0 unspecified atom stereocenters. The minimum Gasteiger partial charge on any atom is -0.374 e. The van der Waals surface area contributed by atoms with E-state index in [9.17, 15) is 0 Å². The number of ether oxygens (including phenoxy) is 10. The molecule has 3 heterocycles. The highest BCUT2D eigenvalue weighted by molar-refractivity contribution is 5.18. The van der Waals surface area contributed by atoms with E-state index in [1.807, 2.05) is 182 Å². The van der Waals surface area contributed by atoms with Gasteiger partial charge in [-0.25, -0.2) is 0 Å². The van der Waals surface area contributed by atoms with E-state index in [-0.39, 0.29) is 19.8 Å². The summed E-state index contributed by atoms with van der Waals surface area (Å²) in [5.74, 6) is 0. The van der Waals surface area contributed by atoms with Crippen LogP contribution in [0.5, 0.6) is 0 Å². The molecule has 3 saturated heterocycles. The van der Waals surface area contributed by atoms with Crippen LogP contribution in [0, 0.1) is 0 Å². The average Bonchev–Trinajstić information content (AvgIpc) is 3.79. The van der Waals surface area contributed by atoms with Gasteiger partial charge in [0.2, 0.25) is 0 Å². The Balaban J connectivity index is 1.06. The number of benzene rings is 6. The van der Waals surface area contributed by atoms with Gasteiger partial charge in [0.15, 0.2) is 12.6 Å². The Kier molecular flexibility index (Phi) is 15.7. The van der Waals surface area contributed by atoms with Crippen LogP contribution in [0.4, 0.5) is 0 Å². The van der Waals surface area contributed by atoms with E-state index in [1.165, 1.54) is 0 Å². The molecule has 6 aromatic rings. The maximum Gasteiger partial charge on any atom is 0.187 e. The van der Waals surface area contributed by atoms with Gasteiger partial charge in [-0.2, -0.15) is 0 Å². The minimum absolute atomic E-state index is 0.192. The first-order chi connectivity index (χ1) is 31.7. The summed E-state index contributed by atoms with van der Waals surface area (Å²) in [6.45, 7) is 2.40. The molecule has 0 amide bonds. The van der Waals surface area contributed by atoms with Crippen LogP contribution in [0.3, 0.4) is 0 Å².